The van der Waals surface area contributed by atoms with Crippen molar-refractivity contribution in [2.45, 2.75) is 72.3 Å². The molecule has 2 heteroatoms. The Bertz CT molecular complexity index is 628. The molecule has 0 N–H and O–H groups in total. The summed E-state index contributed by atoms with van der Waals surface area (Å²) in [5, 5.41) is 0. The molecule has 1 aliphatic carbocycles. The summed E-state index contributed by atoms with van der Waals surface area (Å²) < 4.78 is 10.8. The molecule has 0 radical (unpaired) electrons. The lowest BCUT2D eigenvalue weighted by Crippen LogP contribution is -2.11. The molecule has 0 heterocycles. The van der Waals surface area contributed by atoms with Gasteiger partial charge >= 0.3 is 0 Å². The summed E-state index contributed by atoms with van der Waals surface area (Å²) in [7, 11) is 1.75. The second-order valence-electron chi connectivity index (χ2n) is 8.80. The average molecular weight is 399 g/mol. The van der Waals surface area contributed by atoms with E-state index >= 15 is 0 Å². The summed E-state index contributed by atoms with van der Waals surface area (Å²) >= 11 is 0. The van der Waals surface area contributed by atoms with Crippen LogP contribution in [-0.2, 0) is 16.1 Å². The number of unbranched alkanes of at least 4 members (excludes halogenated alkanes) is 2. The molecule has 0 saturated carbocycles. The highest BCUT2D eigenvalue weighted by molar-refractivity contribution is 5.69. The highest BCUT2D eigenvalue weighted by Gasteiger charge is 2.27. The summed E-state index contributed by atoms with van der Waals surface area (Å²) in [5.74, 6) is 1.92. The first-order valence-electron chi connectivity index (χ1n) is 11.6. The highest BCUT2D eigenvalue weighted by atomic mass is 16.5. The Balaban J connectivity index is 1.73. The minimum atomic E-state index is 0.600. The molecule has 0 bridgehead atoms. The first kappa shape index (κ1) is 23.9. The van der Waals surface area contributed by atoms with Crippen LogP contribution in [0.1, 0.15) is 76.8 Å². The number of rotatable bonds is 14. The molecule has 1 aromatic rings. The van der Waals surface area contributed by atoms with Crippen LogP contribution in [0.25, 0.3) is 5.57 Å². The summed E-state index contributed by atoms with van der Waals surface area (Å²) in [4.78, 5) is 0. The van der Waals surface area contributed by atoms with Gasteiger partial charge < -0.3 is 9.47 Å². The van der Waals surface area contributed by atoms with E-state index < -0.39 is 0 Å². The SMILES string of the molecule is C=C(CC1CC=C(c2ccc(COC)cc2)C1C)C(C)CCCCCOCCC. The molecule has 0 amide bonds. The van der Waals surface area contributed by atoms with Crippen molar-refractivity contribution >= 4 is 5.57 Å². The van der Waals surface area contributed by atoms with Crippen molar-refractivity contribution in [1.29, 1.82) is 0 Å². The summed E-state index contributed by atoms with van der Waals surface area (Å²) in [5.41, 5.74) is 5.54. The van der Waals surface area contributed by atoms with Crippen molar-refractivity contribution in [3.05, 3.63) is 53.6 Å². The van der Waals surface area contributed by atoms with Crippen LogP contribution in [0.5, 0.6) is 0 Å². The van der Waals surface area contributed by atoms with Gasteiger partial charge in [0.25, 0.3) is 0 Å². The fourth-order valence-electron chi connectivity index (χ4n) is 4.34. The lowest BCUT2D eigenvalue weighted by Gasteiger charge is -2.23. The standard InChI is InChI=1S/C27H42O2/c1-6-17-29-18-9-7-8-10-21(2)22(3)19-26-15-16-27(23(26)4)25-13-11-24(12-14-25)20-28-5/h11-14,16,21,23,26H,3,6-10,15,17-20H2,1-2,4-5H3. The quantitative estimate of drug-likeness (QED) is 0.239. The van der Waals surface area contributed by atoms with Crippen molar-refractivity contribution in [2.75, 3.05) is 20.3 Å². The second-order valence-corrected chi connectivity index (χ2v) is 8.80. The van der Waals surface area contributed by atoms with Crippen LogP contribution in [0.4, 0.5) is 0 Å². The molecule has 3 unspecified atom stereocenters. The van der Waals surface area contributed by atoms with Gasteiger partial charge in [0.15, 0.2) is 0 Å². The van der Waals surface area contributed by atoms with Crippen LogP contribution < -0.4 is 0 Å². The van der Waals surface area contributed by atoms with Crippen molar-refractivity contribution in [2.24, 2.45) is 17.8 Å². The van der Waals surface area contributed by atoms with E-state index in [1.807, 2.05) is 0 Å². The smallest absolute Gasteiger partial charge is 0.0713 e. The first-order chi connectivity index (χ1) is 14.1. The van der Waals surface area contributed by atoms with Crippen LogP contribution in [0.2, 0.25) is 0 Å². The summed E-state index contributed by atoms with van der Waals surface area (Å²) in [6.45, 7) is 13.9. The van der Waals surface area contributed by atoms with Crippen LogP contribution in [-0.4, -0.2) is 20.3 Å². The largest absolute Gasteiger partial charge is 0.381 e. The van der Waals surface area contributed by atoms with E-state index in [1.165, 1.54) is 54.4 Å². The molecule has 2 rings (SSSR count). The second kappa shape index (κ2) is 13.0. The topological polar surface area (TPSA) is 18.5 Å². The lowest BCUT2D eigenvalue weighted by atomic mass is 9.82. The van der Waals surface area contributed by atoms with Gasteiger partial charge in [-0.2, -0.15) is 0 Å². The van der Waals surface area contributed by atoms with E-state index in [2.05, 4.69) is 57.7 Å². The van der Waals surface area contributed by atoms with Gasteiger partial charge in [-0.25, -0.2) is 0 Å². The number of methoxy groups -OCH3 is 1. The van der Waals surface area contributed by atoms with Gasteiger partial charge in [0.2, 0.25) is 0 Å². The van der Waals surface area contributed by atoms with Crippen molar-refractivity contribution in [3.8, 4) is 0 Å². The molecule has 0 spiro atoms. The average Bonchev–Trinajstić information content (AvgIpc) is 3.08. The maximum absolute atomic E-state index is 5.57. The van der Waals surface area contributed by atoms with Crippen molar-refractivity contribution < 1.29 is 9.47 Å². The molecule has 3 atom stereocenters. The van der Waals surface area contributed by atoms with Gasteiger partial charge in [-0.05, 0) is 66.6 Å². The predicted octanol–water partition coefficient (Wildman–Crippen LogP) is 7.44. The van der Waals surface area contributed by atoms with Gasteiger partial charge in [-0.3, -0.25) is 0 Å². The van der Waals surface area contributed by atoms with Crippen LogP contribution in [0, 0.1) is 17.8 Å². The summed E-state index contributed by atoms with van der Waals surface area (Å²) in [6.07, 6.45) is 10.9. The van der Waals surface area contributed by atoms with E-state index in [4.69, 9.17) is 9.47 Å². The molecule has 0 saturated heterocycles. The Morgan fingerprint density at radius 2 is 1.90 bits per heavy atom. The number of allylic oxidation sites excluding steroid dienone is 3. The Morgan fingerprint density at radius 3 is 2.59 bits per heavy atom. The zero-order valence-corrected chi connectivity index (χ0v) is 19.2. The minimum Gasteiger partial charge on any atom is -0.381 e. The summed E-state index contributed by atoms with van der Waals surface area (Å²) in [6, 6.07) is 8.88. The van der Waals surface area contributed by atoms with E-state index in [1.54, 1.807) is 7.11 Å². The Labute approximate surface area is 179 Å². The maximum Gasteiger partial charge on any atom is 0.0713 e. The third-order valence-corrected chi connectivity index (χ3v) is 6.43. The molecule has 0 aliphatic heterocycles. The Kier molecular flexibility index (Phi) is 10.7. The third kappa shape index (κ3) is 7.75. The molecule has 162 valence electrons. The third-order valence-electron chi connectivity index (χ3n) is 6.43. The first-order valence-corrected chi connectivity index (χ1v) is 11.6. The zero-order valence-electron chi connectivity index (χ0n) is 19.2. The normalized spacial score (nSPS) is 19.9. The van der Waals surface area contributed by atoms with Gasteiger partial charge in [0, 0.05) is 20.3 Å². The predicted molar refractivity (Wildman–Crippen MR) is 125 cm³/mol. The van der Waals surface area contributed by atoms with E-state index in [0.29, 0.717) is 24.4 Å². The van der Waals surface area contributed by atoms with Gasteiger partial charge in [0.05, 0.1) is 6.61 Å². The van der Waals surface area contributed by atoms with Gasteiger partial charge in [-0.15, -0.1) is 0 Å². The number of benzene rings is 1. The van der Waals surface area contributed by atoms with E-state index in [0.717, 1.165) is 26.1 Å². The molecular formula is C27H42O2. The molecular weight excluding hydrogens is 356 g/mol. The van der Waals surface area contributed by atoms with Crippen LogP contribution >= 0.6 is 0 Å². The molecule has 1 aliphatic rings. The van der Waals surface area contributed by atoms with Crippen molar-refractivity contribution in [3.63, 3.8) is 0 Å². The fraction of sp³-hybridized carbons (Fsp3) is 0.630. The fourth-order valence-corrected chi connectivity index (χ4v) is 4.34. The van der Waals surface area contributed by atoms with Crippen molar-refractivity contribution in [1.82, 2.24) is 0 Å². The van der Waals surface area contributed by atoms with Crippen LogP contribution in [0.3, 0.4) is 0 Å². The lowest BCUT2D eigenvalue weighted by molar-refractivity contribution is 0.130. The number of hydrogen-bond donors (Lipinski definition) is 0. The molecule has 1 aromatic carbocycles. The number of hydrogen-bond acceptors (Lipinski definition) is 2. The zero-order chi connectivity index (χ0) is 21.1. The monoisotopic (exact) mass is 398 g/mol. The van der Waals surface area contributed by atoms with E-state index in [9.17, 15) is 0 Å². The highest BCUT2D eigenvalue weighted by Crippen LogP contribution is 2.41. The minimum absolute atomic E-state index is 0.600. The molecule has 29 heavy (non-hydrogen) atoms. The number of ether oxygens (including phenoxy) is 2. The maximum atomic E-state index is 5.57. The molecule has 0 aromatic heterocycles. The van der Waals surface area contributed by atoms with Gasteiger partial charge in [0.1, 0.15) is 0 Å². The van der Waals surface area contributed by atoms with Crippen LogP contribution in [0.15, 0.2) is 42.5 Å². The Morgan fingerprint density at radius 1 is 1.14 bits per heavy atom. The van der Waals surface area contributed by atoms with Gasteiger partial charge in [-0.1, -0.05) is 76.1 Å². The molecule has 2 nitrogen and oxygen atoms in total. The molecule has 0 fully saturated rings. The Hall–Kier alpha value is -1.38. The van der Waals surface area contributed by atoms with E-state index in [-0.39, 0.29) is 0 Å².